The fourth-order valence-corrected chi connectivity index (χ4v) is 4.91. The van der Waals surface area contributed by atoms with Gasteiger partial charge in [0.1, 0.15) is 5.75 Å². The van der Waals surface area contributed by atoms with Crippen LogP contribution in [0.2, 0.25) is 0 Å². The molecule has 29 heavy (non-hydrogen) atoms. The molecule has 2 aromatic rings. The lowest BCUT2D eigenvalue weighted by molar-refractivity contribution is -0.138. The second-order valence-electron chi connectivity index (χ2n) is 6.46. The smallest absolute Gasteiger partial charge is 0.337 e. The van der Waals surface area contributed by atoms with Gasteiger partial charge in [0.2, 0.25) is 0 Å². The zero-order valence-electron chi connectivity index (χ0n) is 16.3. The van der Waals surface area contributed by atoms with E-state index in [1.165, 1.54) is 5.56 Å². The number of aromatic nitrogens is 1. The lowest BCUT2D eigenvalue weighted by Gasteiger charge is -2.40. The van der Waals surface area contributed by atoms with Crippen molar-refractivity contribution in [3.05, 3.63) is 57.7 Å². The van der Waals surface area contributed by atoms with Crippen LogP contribution in [0.3, 0.4) is 0 Å². The highest BCUT2D eigenvalue weighted by Gasteiger charge is 2.34. The van der Waals surface area contributed by atoms with Crippen LogP contribution in [-0.4, -0.2) is 58.7 Å². The van der Waals surface area contributed by atoms with E-state index in [1.807, 2.05) is 24.4 Å². The molecule has 4 rings (SSSR count). The van der Waals surface area contributed by atoms with E-state index in [1.54, 1.807) is 36.6 Å². The highest BCUT2D eigenvalue weighted by Crippen LogP contribution is 2.33. The molecule has 0 spiro atoms. The number of fused-ring (bicyclic) bond motifs is 1. The normalized spacial score (nSPS) is 17.0. The van der Waals surface area contributed by atoms with Crippen LogP contribution in [-0.2, 0) is 16.1 Å². The Morgan fingerprint density at radius 2 is 2.10 bits per heavy atom. The molecular formula is C20H22N4O3S2. The number of aliphatic imine (C=N–C) groups is 1. The number of hydrogen-bond acceptors (Lipinski definition) is 9. The quantitative estimate of drug-likeness (QED) is 0.515. The van der Waals surface area contributed by atoms with E-state index in [0.717, 1.165) is 28.8 Å². The zero-order chi connectivity index (χ0) is 20.2. The molecule has 152 valence electrons. The molecule has 1 fully saturated rings. The van der Waals surface area contributed by atoms with E-state index in [-0.39, 0.29) is 5.97 Å². The van der Waals surface area contributed by atoms with Crippen LogP contribution in [0.25, 0.3) is 0 Å². The second kappa shape index (κ2) is 8.98. The van der Waals surface area contributed by atoms with Gasteiger partial charge in [0.15, 0.2) is 10.8 Å². The van der Waals surface area contributed by atoms with Crippen LogP contribution in [0.5, 0.6) is 5.75 Å². The predicted octanol–water partition coefficient (Wildman–Crippen LogP) is 3.15. The van der Waals surface area contributed by atoms with Crippen LogP contribution in [0, 0.1) is 0 Å². The van der Waals surface area contributed by atoms with Crippen LogP contribution in [0.4, 0.5) is 0 Å². The molecule has 3 heterocycles. The van der Waals surface area contributed by atoms with Gasteiger partial charge in [-0.1, -0.05) is 24.1 Å². The molecular weight excluding hydrogens is 408 g/mol. The van der Waals surface area contributed by atoms with Crippen molar-refractivity contribution in [3.63, 3.8) is 0 Å². The zero-order valence-corrected chi connectivity index (χ0v) is 18.0. The number of esters is 1. The summed E-state index contributed by atoms with van der Waals surface area (Å²) in [5.41, 5.74) is 2.78. The third-order valence-corrected chi connectivity index (χ3v) is 6.44. The van der Waals surface area contributed by atoms with Crippen LogP contribution < -0.4 is 4.74 Å². The monoisotopic (exact) mass is 430 g/mol. The largest absolute Gasteiger partial charge is 0.497 e. The summed E-state index contributed by atoms with van der Waals surface area (Å²) in [6.07, 6.45) is 1.78. The molecule has 2 aliphatic heterocycles. The Morgan fingerprint density at radius 1 is 1.28 bits per heavy atom. The Labute approximate surface area is 178 Å². The van der Waals surface area contributed by atoms with Gasteiger partial charge >= 0.3 is 5.97 Å². The molecule has 0 radical (unpaired) electrons. The van der Waals surface area contributed by atoms with Gasteiger partial charge in [-0.2, -0.15) is 0 Å². The summed E-state index contributed by atoms with van der Waals surface area (Å²) in [6.45, 7) is 3.89. The fraction of sp³-hybridized carbons (Fsp3) is 0.350. The summed E-state index contributed by atoms with van der Waals surface area (Å²) in [4.78, 5) is 23.7. The number of amidine groups is 1. The van der Waals surface area contributed by atoms with E-state index < -0.39 is 0 Å². The van der Waals surface area contributed by atoms with Crippen molar-refractivity contribution in [3.8, 4) is 5.75 Å². The maximum absolute atomic E-state index is 12.6. The summed E-state index contributed by atoms with van der Waals surface area (Å²) in [5.74, 6) is 2.06. The topological polar surface area (TPSA) is 67.3 Å². The summed E-state index contributed by atoms with van der Waals surface area (Å²) < 4.78 is 12.8. The SMILES string of the molecule is CCOC(=O)C1=C2CN(Cc3ccc(OC)cc3)SCN2C(c2nccs2)=NC1. The lowest BCUT2D eigenvalue weighted by Crippen LogP contribution is -2.44. The van der Waals surface area contributed by atoms with Crippen molar-refractivity contribution in [1.29, 1.82) is 0 Å². The van der Waals surface area contributed by atoms with Crippen LogP contribution >= 0.6 is 23.3 Å². The minimum Gasteiger partial charge on any atom is -0.497 e. The first-order valence-electron chi connectivity index (χ1n) is 9.31. The van der Waals surface area contributed by atoms with E-state index in [4.69, 9.17) is 9.47 Å². The van der Waals surface area contributed by atoms with Gasteiger partial charge < -0.3 is 14.4 Å². The Bertz CT molecular complexity index is 926. The van der Waals surface area contributed by atoms with Crippen LogP contribution in [0.1, 0.15) is 17.5 Å². The summed E-state index contributed by atoms with van der Waals surface area (Å²) in [5, 5.41) is 2.81. The Kier molecular flexibility index (Phi) is 6.17. The van der Waals surface area contributed by atoms with Gasteiger partial charge in [0, 0.05) is 23.8 Å². The van der Waals surface area contributed by atoms with Crippen molar-refractivity contribution >= 4 is 35.1 Å². The molecule has 2 aliphatic rings. The molecule has 0 atom stereocenters. The van der Waals surface area contributed by atoms with Crippen molar-refractivity contribution in [2.24, 2.45) is 4.99 Å². The maximum Gasteiger partial charge on any atom is 0.337 e. The van der Waals surface area contributed by atoms with E-state index in [0.29, 0.717) is 31.1 Å². The minimum atomic E-state index is -0.286. The first-order chi connectivity index (χ1) is 14.2. The number of hydrogen-bond donors (Lipinski definition) is 0. The predicted molar refractivity (Wildman–Crippen MR) is 115 cm³/mol. The third-order valence-electron chi connectivity index (χ3n) is 4.68. The molecule has 0 unspecified atom stereocenters. The van der Waals surface area contributed by atoms with Gasteiger partial charge in [-0.05, 0) is 24.6 Å². The van der Waals surface area contributed by atoms with Gasteiger partial charge in [-0.15, -0.1) is 11.3 Å². The van der Waals surface area contributed by atoms with Gasteiger partial charge in [0.05, 0.1) is 38.3 Å². The molecule has 9 heteroatoms. The van der Waals surface area contributed by atoms with Gasteiger partial charge in [0.25, 0.3) is 0 Å². The summed E-state index contributed by atoms with van der Waals surface area (Å²) in [6, 6.07) is 8.06. The van der Waals surface area contributed by atoms with Crippen molar-refractivity contribution in [2.45, 2.75) is 13.5 Å². The number of carbonyl (C=O) groups is 1. The highest BCUT2D eigenvalue weighted by molar-refractivity contribution is 7.97. The molecule has 0 amide bonds. The average molecular weight is 431 g/mol. The average Bonchev–Trinajstić information content (AvgIpc) is 3.28. The summed E-state index contributed by atoms with van der Waals surface area (Å²) >= 11 is 3.27. The van der Waals surface area contributed by atoms with Crippen molar-refractivity contribution < 1.29 is 14.3 Å². The number of nitrogens with zero attached hydrogens (tertiary/aromatic N) is 4. The van der Waals surface area contributed by atoms with Crippen molar-refractivity contribution in [1.82, 2.24) is 14.2 Å². The Morgan fingerprint density at radius 3 is 2.79 bits per heavy atom. The first-order valence-corrected chi connectivity index (χ1v) is 11.1. The standard InChI is InChI=1S/C20H22N4O3S2/c1-3-27-20(25)16-10-22-18(19-21-8-9-28-19)24-13-29-23(12-17(16)24)11-14-4-6-15(26-2)7-5-14/h4-9H,3,10-13H2,1-2H3. The summed E-state index contributed by atoms with van der Waals surface area (Å²) in [7, 11) is 1.66. The number of benzene rings is 1. The Hall–Kier alpha value is -2.36. The molecule has 7 nitrogen and oxygen atoms in total. The molecule has 0 aliphatic carbocycles. The fourth-order valence-electron chi connectivity index (χ4n) is 3.25. The molecule has 1 aromatic heterocycles. The van der Waals surface area contributed by atoms with E-state index >= 15 is 0 Å². The highest BCUT2D eigenvalue weighted by atomic mass is 32.2. The number of thiazole rings is 1. The van der Waals surface area contributed by atoms with E-state index in [2.05, 4.69) is 31.3 Å². The van der Waals surface area contributed by atoms with Crippen LogP contribution in [0.15, 0.2) is 52.1 Å². The lowest BCUT2D eigenvalue weighted by atomic mass is 10.1. The second-order valence-corrected chi connectivity index (χ2v) is 8.38. The van der Waals surface area contributed by atoms with Gasteiger partial charge in [-0.25, -0.2) is 14.1 Å². The number of rotatable bonds is 6. The number of ether oxygens (including phenoxy) is 2. The number of methoxy groups -OCH3 is 1. The Balaban J connectivity index is 1.57. The third kappa shape index (κ3) is 4.31. The first kappa shape index (κ1) is 19.9. The molecule has 1 aromatic carbocycles. The van der Waals surface area contributed by atoms with Gasteiger partial charge in [-0.3, -0.25) is 4.99 Å². The molecule has 1 saturated heterocycles. The van der Waals surface area contributed by atoms with Crippen molar-refractivity contribution in [2.75, 3.05) is 32.7 Å². The number of carbonyl (C=O) groups excluding carboxylic acids is 1. The maximum atomic E-state index is 12.6. The molecule has 0 saturated carbocycles. The van der Waals surface area contributed by atoms with E-state index in [9.17, 15) is 4.79 Å². The molecule has 0 bridgehead atoms. The molecule has 0 N–H and O–H groups in total. The minimum absolute atomic E-state index is 0.286.